The van der Waals surface area contributed by atoms with Crippen LogP contribution >= 0.6 is 17.0 Å². The Morgan fingerprint density at radius 1 is 0.533 bits per heavy atom. The molecule has 12 atom stereocenters. The Labute approximate surface area is 305 Å². The summed E-state index contributed by atoms with van der Waals surface area (Å²) in [5.41, 5.74) is 0. The van der Waals surface area contributed by atoms with Gasteiger partial charge in [-0.25, -0.2) is 0 Å². The fourth-order valence-corrected chi connectivity index (χ4v) is 11.9. The Morgan fingerprint density at radius 3 is 1.04 bits per heavy atom. The van der Waals surface area contributed by atoms with Crippen molar-refractivity contribution in [1.82, 2.24) is 0 Å². The molecular formula is C38H78Cl2O2Si2Zr. The quantitative estimate of drug-likeness (QED) is 0.209. The van der Waals surface area contributed by atoms with Gasteiger partial charge in [-0.05, 0) is 134 Å². The molecule has 4 aliphatic carbocycles. The Bertz CT molecular complexity index is 790. The van der Waals surface area contributed by atoms with Gasteiger partial charge in [0.05, 0.1) is 12.2 Å². The fraction of sp³-hybridized carbons (Fsp3) is 0.947. The van der Waals surface area contributed by atoms with Gasteiger partial charge in [-0.2, -0.15) is 0 Å². The van der Waals surface area contributed by atoms with Crippen molar-refractivity contribution in [2.45, 2.75) is 170 Å². The summed E-state index contributed by atoms with van der Waals surface area (Å²) in [5, 5.41) is 0.651. The van der Waals surface area contributed by atoms with Crippen LogP contribution in [0.15, 0.2) is 0 Å². The van der Waals surface area contributed by atoms with Crippen molar-refractivity contribution < 1.29 is 29.7 Å². The number of hydrogen-bond acceptors (Lipinski definition) is 2. The van der Waals surface area contributed by atoms with Gasteiger partial charge in [0.25, 0.3) is 0 Å². The molecule has 7 heteroatoms. The molecule has 0 saturated heterocycles. The van der Waals surface area contributed by atoms with Crippen LogP contribution in [0.1, 0.15) is 122 Å². The molecule has 4 fully saturated rings. The molecule has 4 rings (SSSR count). The fourth-order valence-electron chi connectivity index (χ4n) is 8.95. The topological polar surface area (TPSA) is 18.5 Å². The van der Waals surface area contributed by atoms with Crippen molar-refractivity contribution in [2.75, 3.05) is 0 Å². The van der Waals surface area contributed by atoms with Gasteiger partial charge in [-0.3, -0.25) is 0 Å². The van der Waals surface area contributed by atoms with Crippen LogP contribution in [0.4, 0.5) is 0 Å². The van der Waals surface area contributed by atoms with Crippen LogP contribution in [0, 0.1) is 74.0 Å². The summed E-state index contributed by atoms with van der Waals surface area (Å²) in [6, 6.07) is 0. The van der Waals surface area contributed by atoms with E-state index in [1.807, 2.05) is 0 Å². The predicted octanol–water partition coefficient (Wildman–Crippen LogP) is 13.7. The second-order valence-electron chi connectivity index (χ2n) is 18.9. The van der Waals surface area contributed by atoms with E-state index in [0.717, 1.165) is 59.2 Å². The maximum atomic E-state index is 6.85. The maximum absolute atomic E-state index is 6.85. The van der Waals surface area contributed by atoms with Crippen LogP contribution in [0.3, 0.4) is 0 Å². The van der Waals surface area contributed by atoms with Crippen molar-refractivity contribution in [1.29, 1.82) is 0 Å². The van der Waals surface area contributed by atoms with E-state index in [2.05, 4.69) is 109 Å². The summed E-state index contributed by atoms with van der Waals surface area (Å²) in [6.45, 7) is 38.5. The van der Waals surface area contributed by atoms with Gasteiger partial charge in [-0.1, -0.05) is 83.1 Å². The standard InChI is InChI=1S/2C18H36OSi.2CH3.2ClH.Zr/c2*1-12-9-15-11-13(2)17(14(3)16(15)10-12)19-20(7,8)18(4,5)6;;;;;/h2*12-17H,9-11H2,1-8H3;2*1H3;2*1H;/q;;2*-1;;;+4/p-2. The molecule has 2 nitrogen and oxygen atoms in total. The van der Waals surface area contributed by atoms with E-state index in [1.54, 1.807) is 0 Å². The minimum atomic E-state index is -1.64. The molecule has 0 aliphatic heterocycles. The minimum absolute atomic E-state index is 0. The van der Waals surface area contributed by atoms with E-state index in [0.29, 0.717) is 22.3 Å². The zero-order chi connectivity index (χ0) is 33.3. The first-order valence-corrected chi connectivity index (χ1v) is 29.9. The van der Waals surface area contributed by atoms with E-state index in [-0.39, 0.29) is 14.9 Å². The van der Waals surface area contributed by atoms with Gasteiger partial charge in [0.1, 0.15) is 0 Å². The van der Waals surface area contributed by atoms with Crippen molar-refractivity contribution in [3.8, 4) is 0 Å². The Balaban J connectivity index is 0.000000760. The summed E-state index contributed by atoms with van der Waals surface area (Å²) in [6.07, 6.45) is 9.62. The third-order valence-electron chi connectivity index (χ3n) is 13.3. The van der Waals surface area contributed by atoms with Gasteiger partial charge in [0.15, 0.2) is 16.6 Å². The second-order valence-corrected chi connectivity index (χ2v) is 32.1. The SMILES string of the molecule is CC1CC2CC(C)C(O[Si](C)(C)C(C)(C)C)C(C)C2C1.CC1CC2CC(C)C(O[Si](C)(C)C(C)(C)C)C(C)C2C1.[CH3-].[CH3-].[Cl][Zr+2][Cl]. The van der Waals surface area contributed by atoms with Gasteiger partial charge in [0.2, 0.25) is 0 Å². The molecule has 0 spiro atoms. The molecule has 0 aromatic carbocycles. The molecule has 0 bridgehead atoms. The molecule has 4 aliphatic rings. The molecule has 0 heterocycles. The summed E-state index contributed by atoms with van der Waals surface area (Å²) in [7, 11) is 6.59. The van der Waals surface area contributed by atoms with Gasteiger partial charge < -0.3 is 23.7 Å². The molecule has 268 valence electrons. The van der Waals surface area contributed by atoms with Crippen LogP contribution in [-0.4, -0.2) is 28.8 Å². The zero-order valence-electron chi connectivity index (χ0n) is 33.2. The number of rotatable bonds is 4. The van der Waals surface area contributed by atoms with Gasteiger partial charge >= 0.3 is 37.9 Å². The van der Waals surface area contributed by atoms with Crippen molar-refractivity contribution >= 4 is 33.7 Å². The number of halogens is 2. The third-order valence-corrected chi connectivity index (χ3v) is 22.2. The molecule has 0 aromatic heterocycles. The first-order chi connectivity index (χ1) is 19.5. The van der Waals surface area contributed by atoms with Crippen molar-refractivity contribution in [3.05, 3.63) is 14.9 Å². The molecule has 45 heavy (non-hydrogen) atoms. The van der Waals surface area contributed by atoms with Crippen LogP contribution in [0.25, 0.3) is 0 Å². The van der Waals surface area contributed by atoms with Gasteiger partial charge in [0, 0.05) is 0 Å². The molecule has 4 saturated carbocycles. The average molecular weight is 785 g/mol. The van der Waals surface area contributed by atoms with E-state index in [1.165, 1.54) is 38.5 Å². The number of hydrogen-bond donors (Lipinski definition) is 0. The van der Waals surface area contributed by atoms with E-state index >= 15 is 0 Å². The predicted molar refractivity (Wildman–Crippen MR) is 205 cm³/mol. The van der Waals surface area contributed by atoms with E-state index in [4.69, 9.17) is 25.9 Å². The van der Waals surface area contributed by atoms with Crippen LogP contribution in [-0.2, 0) is 29.7 Å². The summed E-state index contributed by atoms with van der Waals surface area (Å²) in [5.74, 6) is 8.68. The number of fused-ring (bicyclic) bond motifs is 2. The van der Waals surface area contributed by atoms with Crippen molar-refractivity contribution in [3.63, 3.8) is 0 Å². The molecule has 0 radical (unpaired) electrons. The summed E-state index contributed by atoms with van der Waals surface area (Å²) < 4.78 is 13.7. The van der Waals surface area contributed by atoms with E-state index < -0.39 is 37.5 Å². The first kappa shape index (κ1) is 46.8. The van der Waals surface area contributed by atoms with Crippen LogP contribution < -0.4 is 0 Å². The Kier molecular flexibility index (Phi) is 19.1. The third kappa shape index (κ3) is 11.9. The molecule has 0 N–H and O–H groups in total. The van der Waals surface area contributed by atoms with Crippen LogP contribution in [0.2, 0.25) is 36.3 Å². The molecule has 0 aromatic rings. The Morgan fingerprint density at radius 2 is 0.800 bits per heavy atom. The normalized spacial score (nSPS) is 38.1. The average Bonchev–Trinajstić information content (AvgIpc) is 3.40. The Hall–Kier alpha value is 1.82. The molecular weight excluding hydrogens is 707 g/mol. The zero-order valence-corrected chi connectivity index (χ0v) is 39.2. The summed E-state index contributed by atoms with van der Waals surface area (Å²) >= 11 is -0.826. The molecule has 0 amide bonds. The first-order valence-electron chi connectivity index (χ1n) is 17.8. The van der Waals surface area contributed by atoms with Crippen LogP contribution in [0.5, 0.6) is 0 Å². The second kappa shape index (κ2) is 18.3. The van der Waals surface area contributed by atoms with Crippen molar-refractivity contribution in [2.24, 2.45) is 59.2 Å². The monoisotopic (exact) mass is 782 g/mol. The summed E-state index contributed by atoms with van der Waals surface area (Å²) in [4.78, 5) is 0. The van der Waals surface area contributed by atoms with Gasteiger partial charge in [-0.15, -0.1) is 0 Å². The molecule has 12 unspecified atom stereocenters. The van der Waals surface area contributed by atoms with E-state index in [9.17, 15) is 0 Å².